The second-order valence-corrected chi connectivity index (χ2v) is 11.8. The molecule has 9 heteroatoms. The van der Waals surface area contributed by atoms with Crippen LogP contribution in [0.1, 0.15) is 31.3 Å². The van der Waals surface area contributed by atoms with Gasteiger partial charge in [-0.25, -0.2) is 9.36 Å². The largest absolute Gasteiger partial charge is 0.538 e. The third kappa shape index (κ3) is 3.46. The van der Waals surface area contributed by atoms with E-state index in [1.54, 1.807) is 0 Å². The monoisotopic (exact) mass is 366 g/mol. The predicted molar refractivity (Wildman–Crippen MR) is 94.7 cm³/mol. The summed E-state index contributed by atoms with van der Waals surface area (Å²) in [5.74, 6) is 0.188. The van der Waals surface area contributed by atoms with E-state index in [2.05, 4.69) is 25.8 Å². The van der Waals surface area contributed by atoms with E-state index in [9.17, 15) is 14.4 Å². The molecule has 0 spiro atoms. The number of hydrogen-bond acceptors (Lipinski definition) is 6. The molecule has 0 unspecified atom stereocenters. The third-order valence-electron chi connectivity index (χ3n) is 4.35. The molecular weight excluding hydrogens is 344 g/mol. The second kappa shape index (κ2) is 6.39. The Morgan fingerprint density at radius 2 is 1.88 bits per heavy atom. The molecule has 2 aromatic rings. The number of hydrogen-bond donors (Lipinski definition) is 1. The summed E-state index contributed by atoms with van der Waals surface area (Å²) in [6, 6.07) is 1.16. The Morgan fingerprint density at radius 3 is 2.36 bits per heavy atom. The Kier molecular flexibility index (Phi) is 4.80. The van der Waals surface area contributed by atoms with E-state index in [4.69, 9.17) is 13.6 Å². The predicted octanol–water partition coefficient (Wildman–Crippen LogP) is 2.32. The molecule has 0 aliphatic rings. The molecule has 136 valence electrons. The van der Waals surface area contributed by atoms with Crippen molar-refractivity contribution in [3.05, 3.63) is 38.9 Å². The van der Waals surface area contributed by atoms with E-state index in [1.807, 2.05) is 13.1 Å². The highest BCUT2D eigenvalue weighted by molar-refractivity contribution is 6.74. The van der Waals surface area contributed by atoms with Gasteiger partial charge in [-0.05, 0) is 18.1 Å². The van der Waals surface area contributed by atoms with E-state index in [0.29, 0.717) is 6.29 Å². The zero-order valence-corrected chi connectivity index (χ0v) is 16.1. The van der Waals surface area contributed by atoms with Crippen LogP contribution in [-0.4, -0.2) is 31.3 Å². The maximum Gasteiger partial charge on any atom is 0.335 e. The first kappa shape index (κ1) is 18.8. The summed E-state index contributed by atoms with van der Waals surface area (Å²) in [4.78, 5) is 36.9. The van der Waals surface area contributed by atoms with Crippen LogP contribution in [0.2, 0.25) is 18.1 Å². The molecule has 0 aliphatic heterocycles. The van der Waals surface area contributed by atoms with Gasteiger partial charge in [-0.3, -0.25) is 14.6 Å². The van der Waals surface area contributed by atoms with Gasteiger partial charge >= 0.3 is 5.69 Å². The fraction of sp³-hybridized carbons (Fsp3) is 0.438. The first-order valence-electron chi connectivity index (χ1n) is 7.69. The summed E-state index contributed by atoms with van der Waals surface area (Å²) in [5, 5.41) is -0.121. The van der Waals surface area contributed by atoms with Crippen molar-refractivity contribution in [2.75, 3.05) is 7.11 Å². The highest BCUT2D eigenvalue weighted by Gasteiger charge is 2.41. The van der Waals surface area contributed by atoms with Gasteiger partial charge < -0.3 is 13.6 Å². The Balaban J connectivity index is 2.67. The molecule has 8 nitrogen and oxygen atoms in total. The summed E-state index contributed by atoms with van der Waals surface area (Å²) in [5.41, 5.74) is -1.25. The Bertz CT molecular complexity index is 901. The van der Waals surface area contributed by atoms with Crippen molar-refractivity contribution >= 4 is 14.6 Å². The summed E-state index contributed by atoms with van der Waals surface area (Å²) in [6.07, 6.45) is 1.75. The average molecular weight is 366 g/mol. The molecule has 0 atom stereocenters. The number of ether oxygens (including phenoxy) is 1. The number of carbonyl (C=O) groups is 1. The van der Waals surface area contributed by atoms with Crippen LogP contribution in [0.4, 0.5) is 0 Å². The maximum atomic E-state index is 12.0. The van der Waals surface area contributed by atoms with Crippen LogP contribution in [0.3, 0.4) is 0 Å². The van der Waals surface area contributed by atoms with Crippen molar-refractivity contribution in [3.63, 3.8) is 0 Å². The van der Waals surface area contributed by atoms with Crippen molar-refractivity contribution in [1.82, 2.24) is 9.55 Å². The number of aldehydes is 1. The van der Waals surface area contributed by atoms with Gasteiger partial charge in [-0.1, -0.05) is 20.8 Å². The van der Waals surface area contributed by atoms with E-state index >= 15 is 0 Å². The number of aromatic nitrogens is 2. The maximum absolute atomic E-state index is 12.0. The molecule has 1 N–H and O–H groups in total. The minimum Gasteiger partial charge on any atom is -0.538 e. The van der Waals surface area contributed by atoms with Crippen LogP contribution in [0, 0.1) is 0 Å². The number of furan rings is 1. The highest BCUT2D eigenvalue weighted by atomic mass is 28.4. The second-order valence-electron chi connectivity index (χ2n) is 7.09. The molecule has 2 rings (SSSR count). The van der Waals surface area contributed by atoms with Crippen LogP contribution in [0.15, 0.2) is 26.3 Å². The number of H-pyrrole nitrogens is 1. The van der Waals surface area contributed by atoms with E-state index in [1.165, 1.54) is 13.3 Å². The number of rotatable bonds is 5. The molecule has 2 heterocycles. The Morgan fingerprint density at radius 1 is 1.24 bits per heavy atom. The molecular formula is C16H22N2O6Si. The zero-order valence-electron chi connectivity index (χ0n) is 15.1. The molecule has 0 fully saturated rings. The number of nitrogens with one attached hydrogen (secondary N) is 1. The van der Waals surface area contributed by atoms with Crippen molar-refractivity contribution in [1.29, 1.82) is 0 Å². The van der Waals surface area contributed by atoms with Crippen molar-refractivity contribution in [3.8, 4) is 17.4 Å². The normalized spacial score (nSPS) is 12.1. The van der Waals surface area contributed by atoms with Gasteiger partial charge in [0.15, 0.2) is 12.0 Å². The first-order valence-corrected chi connectivity index (χ1v) is 10.6. The molecule has 0 amide bonds. The number of aromatic amines is 1. The van der Waals surface area contributed by atoms with Gasteiger partial charge in [-0.2, -0.15) is 0 Å². The van der Waals surface area contributed by atoms with Crippen LogP contribution < -0.4 is 20.4 Å². The molecule has 0 aromatic carbocycles. The van der Waals surface area contributed by atoms with E-state index in [-0.39, 0.29) is 28.2 Å². The highest BCUT2D eigenvalue weighted by Crippen LogP contribution is 2.44. The molecule has 2 aromatic heterocycles. The SMILES string of the molecule is COc1c(-n2ccc(=O)[nH]c2=O)oc(C=O)c1O[Si](C)(C)C(C)(C)C. The van der Waals surface area contributed by atoms with E-state index in [0.717, 1.165) is 10.6 Å². The van der Waals surface area contributed by atoms with Crippen molar-refractivity contribution in [2.45, 2.75) is 38.9 Å². The van der Waals surface area contributed by atoms with Crippen LogP contribution in [-0.2, 0) is 0 Å². The zero-order chi connectivity index (χ0) is 19.0. The van der Waals surface area contributed by atoms with Gasteiger partial charge in [-0.15, -0.1) is 0 Å². The van der Waals surface area contributed by atoms with E-state index < -0.39 is 19.6 Å². The van der Waals surface area contributed by atoms with Gasteiger partial charge in [0.05, 0.1) is 7.11 Å². The average Bonchev–Trinajstić information content (AvgIpc) is 2.82. The van der Waals surface area contributed by atoms with Crippen LogP contribution >= 0.6 is 0 Å². The minimum absolute atomic E-state index is 0.0282. The minimum atomic E-state index is -2.30. The van der Waals surface area contributed by atoms with Gasteiger partial charge in [0, 0.05) is 12.3 Å². The molecule has 0 bridgehead atoms. The van der Waals surface area contributed by atoms with Crippen molar-refractivity contribution in [2.24, 2.45) is 0 Å². The van der Waals surface area contributed by atoms with Crippen LogP contribution in [0.5, 0.6) is 11.5 Å². The summed E-state index contributed by atoms with van der Waals surface area (Å²) in [6.45, 7) is 10.2. The van der Waals surface area contributed by atoms with Crippen molar-refractivity contribution < 1.29 is 18.4 Å². The lowest BCUT2D eigenvalue weighted by Crippen LogP contribution is -2.44. The molecule has 0 aliphatic carbocycles. The fourth-order valence-corrected chi connectivity index (χ4v) is 2.91. The Hall–Kier alpha value is -2.55. The lowest BCUT2D eigenvalue weighted by Gasteiger charge is -2.36. The number of carbonyl (C=O) groups excluding carboxylic acids is 1. The lowest BCUT2D eigenvalue weighted by molar-refractivity contribution is 0.109. The molecule has 0 saturated heterocycles. The van der Waals surface area contributed by atoms with Gasteiger partial charge in [0.25, 0.3) is 19.8 Å². The summed E-state index contributed by atoms with van der Waals surface area (Å²) < 4.78 is 18.1. The molecule has 0 radical (unpaired) electrons. The smallest absolute Gasteiger partial charge is 0.335 e. The topological polar surface area (TPSA) is 104 Å². The standard InChI is InChI=1S/C16H22N2O6Si/c1-16(2,3)25(5,6)24-12-10(9-19)23-14(13(12)22-4)18-8-7-11(20)17-15(18)21/h7-9H,1-6H3,(H,17,20,21). The summed E-state index contributed by atoms with van der Waals surface area (Å²) in [7, 11) is -0.908. The fourth-order valence-electron chi connectivity index (χ4n) is 1.90. The Labute approximate surface area is 145 Å². The number of nitrogens with zero attached hydrogens (tertiary/aromatic N) is 1. The van der Waals surface area contributed by atoms with Gasteiger partial charge in [0.2, 0.25) is 11.5 Å². The van der Waals surface area contributed by atoms with Gasteiger partial charge in [0.1, 0.15) is 0 Å². The van der Waals surface area contributed by atoms with Crippen LogP contribution in [0.25, 0.3) is 5.88 Å². The molecule has 25 heavy (non-hydrogen) atoms. The first-order chi connectivity index (χ1) is 11.5. The quantitative estimate of drug-likeness (QED) is 0.643. The third-order valence-corrected chi connectivity index (χ3v) is 8.67. The number of methoxy groups -OCH3 is 1. The molecule has 0 saturated carbocycles. The lowest BCUT2D eigenvalue weighted by atomic mass is 10.2. The summed E-state index contributed by atoms with van der Waals surface area (Å²) >= 11 is 0.